The summed E-state index contributed by atoms with van der Waals surface area (Å²) in [7, 11) is 0. The fourth-order valence-electron chi connectivity index (χ4n) is 3.85. The zero-order chi connectivity index (χ0) is 16.5. The summed E-state index contributed by atoms with van der Waals surface area (Å²) in [6.45, 7) is 4.50. The van der Waals surface area contributed by atoms with Crippen LogP contribution in [0.2, 0.25) is 0 Å². The highest BCUT2D eigenvalue weighted by molar-refractivity contribution is 6.14. The minimum Gasteiger partial charge on any atom is -0.0617 e. The third-order valence-corrected chi connectivity index (χ3v) is 5.04. The van der Waals surface area contributed by atoms with Crippen LogP contribution in [-0.4, -0.2) is 0 Å². The largest absolute Gasteiger partial charge is 0.0617 e. The van der Waals surface area contributed by atoms with E-state index in [4.69, 9.17) is 0 Å². The average Bonchev–Trinajstić information content (AvgIpc) is 2.66. The molecule has 0 aliphatic heterocycles. The molecule has 0 amide bonds. The first-order valence-corrected chi connectivity index (χ1v) is 8.85. The number of hydrogen-bond donors (Lipinski definition) is 0. The molecule has 4 rings (SSSR count). The van der Waals surface area contributed by atoms with Crippen molar-refractivity contribution in [1.29, 1.82) is 0 Å². The molecule has 0 nitrogen and oxygen atoms in total. The summed E-state index contributed by atoms with van der Waals surface area (Å²) < 4.78 is 0. The zero-order valence-electron chi connectivity index (χ0n) is 14.3. The second-order valence-electron chi connectivity index (χ2n) is 6.35. The Morgan fingerprint density at radius 2 is 1.17 bits per heavy atom. The Kier molecular flexibility index (Phi) is 3.82. The van der Waals surface area contributed by atoms with Gasteiger partial charge >= 0.3 is 0 Å². The predicted octanol–water partition coefficient (Wildman–Crippen LogP) is 6.78. The molecule has 0 fully saturated rings. The van der Waals surface area contributed by atoms with Crippen molar-refractivity contribution in [3.63, 3.8) is 0 Å². The van der Waals surface area contributed by atoms with Gasteiger partial charge in [0, 0.05) is 0 Å². The van der Waals surface area contributed by atoms with Crippen molar-refractivity contribution in [3.8, 4) is 11.1 Å². The van der Waals surface area contributed by atoms with E-state index in [9.17, 15) is 0 Å². The normalized spacial score (nSPS) is 11.2. The molecular formula is C24H22. The van der Waals surface area contributed by atoms with Crippen molar-refractivity contribution in [1.82, 2.24) is 0 Å². The lowest BCUT2D eigenvalue weighted by molar-refractivity contribution is 1.09. The predicted molar refractivity (Wildman–Crippen MR) is 106 cm³/mol. The Hall–Kier alpha value is -2.60. The van der Waals surface area contributed by atoms with Crippen LogP contribution in [0.1, 0.15) is 25.0 Å². The van der Waals surface area contributed by atoms with Crippen molar-refractivity contribution in [2.75, 3.05) is 0 Å². The molecule has 4 aromatic carbocycles. The van der Waals surface area contributed by atoms with Gasteiger partial charge in [0.2, 0.25) is 0 Å². The standard InChI is InChI=1S/C24H22/c1-3-17-11-9-12-18(4-2)24(17)23-16-19-10-5-6-13-20(19)21-14-7-8-15-22(21)23/h5-16H,3-4H2,1-2H3. The van der Waals surface area contributed by atoms with Gasteiger partial charge in [-0.2, -0.15) is 0 Å². The van der Waals surface area contributed by atoms with Crippen LogP contribution in [0, 0.1) is 0 Å². The number of fused-ring (bicyclic) bond motifs is 3. The summed E-state index contributed by atoms with van der Waals surface area (Å²) in [5, 5.41) is 5.35. The summed E-state index contributed by atoms with van der Waals surface area (Å²) in [5.41, 5.74) is 5.69. The molecule has 0 aliphatic rings. The summed E-state index contributed by atoms with van der Waals surface area (Å²) in [5.74, 6) is 0. The van der Waals surface area contributed by atoms with E-state index in [0.717, 1.165) is 12.8 Å². The van der Waals surface area contributed by atoms with E-state index in [2.05, 4.69) is 86.6 Å². The minimum atomic E-state index is 1.06. The van der Waals surface area contributed by atoms with Crippen molar-refractivity contribution in [2.45, 2.75) is 26.7 Å². The van der Waals surface area contributed by atoms with Gasteiger partial charge in [0.25, 0.3) is 0 Å². The van der Waals surface area contributed by atoms with E-state index < -0.39 is 0 Å². The molecule has 0 aliphatic carbocycles. The van der Waals surface area contributed by atoms with Gasteiger partial charge < -0.3 is 0 Å². The van der Waals surface area contributed by atoms with E-state index in [1.165, 1.54) is 43.8 Å². The smallest absolute Gasteiger partial charge is 0.00935 e. The molecule has 0 atom stereocenters. The molecule has 24 heavy (non-hydrogen) atoms. The zero-order valence-corrected chi connectivity index (χ0v) is 14.3. The molecule has 0 saturated heterocycles. The second-order valence-corrected chi connectivity index (χ2v) is 6.35. The van der Waals surface area contributed by atoms with E-state index in [-0.39, 0.29) is 0 Å². The third kappa shape index (κ3) is 2.30. The molecule has 0 N–H and O–H groups in total. The lowest BCUT2D eigenvalue weighted by Gasteiger charge is -2.17. The van der Waals surface area contributed by atoms with E-state index in [0.29, 0.717) is 0 Å². The molecule has 0 radical (unpaired) electrons. The van der Waals surface area contributed by atoms with Crippen molar-refractivity contribution < 1.29 is 0 Å². The summed E-state index contributed by atoms with van der Waals surface area (Å²) in [4.78, 5) is 0. The Labute approximate surface area is 143 Å². The minimum absolute atomic E-state index is 1.06. The molecule has 0 aromatic heterocycles. The van der Waals surface area contributed by atoms with Crippen molar-refractivity contribution >= 4 is 21.5 Å². The maximum absolute atomic E-state index is 2.38. The lowest BCUT2D eigenvalue weighted by Crippen LogP contribution is -1.95. The molecule has 0 heteroatoms. The molecule has 0 bridgehead atoms. The fourth-order valence-corrected chi connectivity index (χ4v) is 3.85. The molecular weight excluding hydrogens is 288 g/mol. The molecule has 118 valence electrons. The van der Waals surface area contributed by atoms with Crippen LogP contribution in [0.15, 0.2) is 72.8 Å². The topological polar surface area (TPSA) is 0 Å². The summed E-state index contributed by atoms with van der Waals surface area (Å²) in [6.07, 6.45) is 2.12. The van der Waals surface area contributed by atoms with Crippen LogP contribution in [0.3, 0.4) is 0 Å². The van der Waals surface area contributed by atoms with Crippen LogP contribution in [-0.2, 0) is 12.8 Å². The molecule has 0 spiro atoms. The fraction of sp³-hybridized carbons (Fsp3) is 0.167. The van der Waals surface area contributed by atoms with Gasteiger partial charge in [0.05, 0.1) is 0 Å². The van der Waals surface area contributed by atoms with Gasteiger partial charge in [-0.25, -0.2) is 0 Å². The first kappa shape index (κ1) is 15.0. The monoisotopic (exact) mass is 310 g/mol. The van der Waals surface area contributed by atoms with Gasteiger partial charge in [-0.15, -0.1) is 0 Å². The quantitative estimate of drug-likeness (QED) is 0.366. The van der Waals surface area contributed by atoms with Crippen molar-refractivity contribution in [3.05, 3.63) is 83.9 Å². The highest BCUT2D eigenvalue weighted by atomic mass is 14.2. The number of hydrogen-bond acceptors (Lipinski definition) is 0. The Balaban J connectivity index is 2.18. The maximum atomic E-state index is 2.38. The van der Waals surface area contributed by atoms with E-state index >= 15 is 0 Å². The number of rotatable bonds is 3. The Morgan fingerprint density at radius 1 is 0.583 bits per heavy atom. The lowest BCUT2D eigenvalue weighted by atomic mass is 9.87. The molecule has 4 aromatic rings. The highest BCUT2D eigenvalue weighted by Crippen LogP contribution is 2.38. The number of benzene rings is 4. The van der Waals surface area contributed by atoms with Gasteiger partial charge in [0.15, 0.2) is 0 Å². The van der Waals surface area contributed by atoms with E-state index in [1.54, 1.807) is 0 Å². The molecule has 0 heterocycles. The van der Waals surface area contributed by atoms with Crippen molar-refractivity contribution in [2.24, 2.45) is 0 Å². The van der Waals surface area contributed by atoms with Crippen LogP contribution in [0.4, 0.5) is 0 Å². The Bertz CT molecular complexity index is 1000. The van der Waals surface area contributed by atoms with E-state index in [1.807, 2.05) is 0 Å². The maximum Gasteiger partial charge on any atom is -0.00935 e. The summed E-state index contributed by atoms with van der Waals surface area (Å²) in [6, 6.07) is 26.7. The van der Waals surface area contributed by atoms with Crippen LogP contribution in [0.5, 0.6) is 0 Å². The van der Waals surface area contributed by atoms with Crippen LogP contribution < -0.4 is 0 Å². The third-order valence-electron chi connectivity index (χ3n) is 5.04. The van der Waals surface area contributed by atoms with Crippen LogP contribution in [0.25, 0.3) is 32.7 Å². The average molecular weight is 310 g/mol. The molecule has 0 saturated carbocycles. The number of aryl methyl sites for hydroxylation is 2. The van der Waals surface area contributed by atoms with Gasteiger partial charge in [-0.3, -0.25) is 0 Å². The van der Waals surface area contributed by atoms with Gasteiger partial charge in [0.1, 0.15) is 0 Å². The molecule has 0 unspecified atom stereocenters. The van der Waals surface area contributed by atoms with Gasteiger partial charge in [-0.1, -0.05) is 80.6 Å². The Morgan fingerprint density at radius 3 is 1.83 bits per heavy atom. The SMILES string of the molecule is CCc1cccc(CC)c1-c1cc2ccccc2c2ccccc12. The first-order valence-electron chi connectivity index (χ1n) is 8.85. The highest BCUT2D eigenvalue weighted by Gasteiger charge is 2.13. The summed E-state index contributed by atoms with van der Waals surface area (Å²) >= 11 is 0. The van der Waals surface area contributed by atoms with Crippen LogP contribution >= 0.6 is 0 Å². The van der Waals surface area contributed by atoms with Gasteiger partial charge in [-0.05, 0) is 62.7 Å². The second kappa shape index (κ2) is 6.13. The first-order chi connectivity index (χ1) is 11.8.